The number of fused-ring (bicyclic) bond motifs is 1. The van der Waals surface area contributed by atoms with E-state index in [2.05, 4.69) is 37.1 Å². The van der Waals surface area contributed by atoms with Gasteiger partial charge in [0.1, 0.15) is 23.1 Å². The monoisotopic (exact) mass is 463 g/mol. The molecule has 0 unspecified atom stereocenters. The molecule has 2 heterocycles. The first-order valence-corrected chi connectivity index (χ1v) is 11.8. The van der Waals surface area contributed by atoms with Crippen LogP contribution in [0.2, 0.25) is 0 Å². The number of amides is 1. The van der Waals surface area contributed by atoms with Gasteiger partial charge in [0.05, 0.1) is 13.2 Å². The van der Waals surface area contributed by atoms with Gasteiger partial charge in [-0.15, -0.1) is 10.2 Å². The van der Waals surface area contributed by atoms with Crippen LogP contribution in [0.15, 0.2) is 48.5 Å². The molecule has 4 rings (SSSR count). The van der Waals surface area contributed by atoms with Crippen LogP contribution >= 0.6 is 0 Å². The fraction of sp³-hybridized carbons (Fsp3) is 0.423. The first-order valence-electron chi connectivity index (χ1n) is 11.8. The number of carbonyl (C=O) groups excluding carboxylic acids is 1. The lowest BCUT2D eigenvalue weighted by Gasteiger charge is -2.20. The van der Waals surface area contributed by atoms with Crippen LogP contribution in [0.1, 0.15) is 41.4 Å². The zero-order chi connectivity index (χ0) is 23.9. The molecule has 0 aliphatic carbocycles. The van der Waals surface area contributed by atoms with Gasteiger partial charge in [0, 0.05) is 51.1 Å². The van der Waals surface area contributed by atoms with Crippen molar-refractivity contribution in [1.82, 2.24) is 25.0 Å². The van der Waals surface area contributed by atoms with Crippen LogP contribution in [0.3, 0.4) is 0 Å². The topological polar surface area (TPSA) is 81.5 Å². The molecule has 0 saturated heterocycles. The average Bonchev–Trinajstić information content (AvgIpc) is 3.11. The smallest absolute Gasteiger partial charge is 0.251 e. The van der Waals surface area contributed by atoms with Crippen molar-refractivity contribution in [2.24, 2.45) is 0 Å². The predicted octanol–water partition coefficient (Wildman–Crippen LogP) is 3.10. The van der Waals surface area contributed by atoms with E-state index >= 15 is 0 Å². The molecule has 180 valence electrons. The highest BCUT2D eigenvalue weighted by atomic mass is 16.5. The lowest BCUT2D eigenvalue weighted by molar-refractivity contribution is 0.0954. The first-order chi connectivity index (χ1) is 16.5. The highest BCUT2D eigenvalue weighted by Gasteiger charge is 2.19. The molecule has 0 spiro atoms. The van der Waals surface area contributed by atoms with E-state index in [-0.39, 0.29) is 12.0 Å². The van der Waals surface area contributed by atoms with Crippen molar-refractivity contribution < 1.29 is 14.3 Å². The van der Waals surface area contributed by atoms with Crippen LogP contribution in [0, 0.1) is 0 Å². The molecule has 0 bridgehead atoms. The van der Waals surface area contributed by atoms with Crippen LogP contribution in [-0.2, 0) is 25.9 Å². The van der Waals surface area contributed by atoms with Gasteiger partial charge in [-0.1, -0.05) is 12.1 Å². The number of nitrogens with zero attached hydrogens (tertiary/aromatic N) is 4. The van der Waals surface area contributed by atoms with Crippen LogP contribution in [0.4, 0.5) is 0 Å². The lowest BCUT2D eigenvalue weighted by Crippen LogP contribution is -2.28. The Hall–Kier alpha value is -3.39. The Bertz CT molecular complexity index is 1080. The number of benzene rings is 2. The second-order valence-electron chi connectivity index (χ2n) is 8.76. The molecule has 1 N–H and O–H groups in total. The Morgan fingerprint density at radius 2 is 1.74 bits per heavy atom. The van der Waals surface area contributed by atoms with Gasteiger partial charge in [-0.2, -0.15) is 0 Å². The highest BCUT2D eigenvalue weighted by molar-refractivity contribution is 5.94. The predicted molar refractivity (Wildman–Crippen MR) is 130 cm³/mol. The van der Waals surface area contributed by atoms with E-state index in [4.69, 9.17) is 9.47 Å². The first kappa shape index (κ1) is 23.8. The van der Waals surface area contributed by atoms with Crippen molar-refractivity contribution in [2.45, 2.75) is 45.9 Å². The van der Waals surface area contributed by atoms with E-state index in [1.54, 1.807) is 31.4 Å². The van der Waals surface area contributed by atoms with Gasteiger partial charge < -0.3 is 19.4 Å². The summed E-state index contributed by atoms with van der Waals surface area (Å²) in [7, 11) is 1.61. The third kappa shape index (κ3) is 6.14. The van der Waals surface area contributed by atoms with E-state index in [0.29, 0.717) is 18.5 Å². The van der Waals surface area contributed by atoms with Gasteiger partial charge in [-0.3, -0.25) is 9.69 Å². The Kier molecular flexibility index (Phi) is 7.80. The summed E-state index contributed by atoms with van der Waals surface area (Å²) in [6.07, 6.45) is 1.68. The number of carbonyl (C=O) groups is 1. The molecule has 1 aromatic heterocycles. The minimum Gasteiger partial charge on any atom is -0.497 e. The molecule has 0 fully saturated rings. The molecule has 3 aromatic rings. The van der Waals surface area contributed by atoms with Crippen LogP contribution in [0.5, 0.6) is 11.5 Å². The molecule has 1 aliphatic heterocycles. The maximum absolute atomic E-state index is 12.4. The summed E-state index contributed by atoms with van der Waals surface area (Å²) in [5.41, 5.74) is 1.88. The molecule has 34 heavy (non-hydrogen) atoms. The molecule has 1 aliphatic rings. The summed E-state index contributed by atoms with van der Waals surface area (Å²) in [4.78, 5) is 14.8. The Labute approximate surface area is 200 Å². The van der Waals surface area contributed by atoms with Crippen LogP contribution < -0.4 is 14.8 Å². The van der Waals surface area contributed by atoms with E-state index in [1.807, 2.05) is 26.0 Å². The largest absolute Gasteiger partial charge is 0.497 e. The molecule has 1 amide bonds. The van der Waals surface area contributed by atoms with E-state index < -0.39 is 0 Å². The molecule has 8 nitrogen and oxygen atoms in total. The summed E-state index contributed by atoms with van der Waals surface area (Å²) in [6, 6.07) is 15.5. The molecule has 2 aromatic carbocycles. The molecular formula is C26H33N5O3. The fourth-order valence-electron chi connectivity index (χ4n) is 4.11. The molecular weight excluding hydrogens is 430 g/mol. The molecule has 0 radical (unpaired) electrons. The SMILES string of the molecule is COc1ccc(C(=O)NCCc2nnc3n2CCN(Cc2ccc(OC(C)C)cc2)CC3)cc1. The summed E-state index contributed by atoms with van der Waals surface area (Å²) in [5.74, 6) is 3.47. The van der Waals surface area contributed by atoms with E-state index in [1.165, 1.54) is 5.56 Å². The standard InChI is InChI=1S/C26H33N5O3/c1-19(2)34-23-8-4-20(5-9-23)18-30-15-13-25-29-28-24(31(25)17-16-30)12-14-27-26(32)21-6-10-22(33-3)11-7-21/h4-11,19H,12-18H2,1-3H3,(H,27,32). The summed E-state index contributed by atoms with van der Waals surface area (Å²) >= 11 is 0. The average molecular weight is 464 g/mol. The highest BCUT2D eigenvalue weighted by Crippen LogP contribution is 2.17. The number of methoxy groups -OCH3 is 1. The molecule has 0 atom stereocenters. The van der Waals surface area contributed by atoms with Crippen molar-refractivity contribution in [3.63, 3.8) is 0 Å². The second-order valence-corrected chi connectivity index (χ2v) is 8.76. The second kappa shape index (κ2) is 11.2. The molecule has 0 saturated carbocycles. The normalized spacial score (nSPS) is 13.9. The maximum atomic E-state index is 12.4. The van der Waals surface area contributed by atoms with Crippen molar-refractivity contribution in [2.75, 3.05) is 26.7 Å². The number of nitrogens with one attached hydrogen (secondary N) is 1. The van der Waals surface area contributed by atoms with Crippen molar-refractivity contribution >= 4 is 5.91 Å². The Balaban J connectivity index is 1.27. The summed E-state index contributed by atoms with van der Waals surface area (Å²) in [5, 5.41) is 11.8. The number of aromatic nitrogens is 3. The minimum atomic E-state index is -0.103. The van der Waals surface area contributed by atoms with Crippen LogP contribution in [0.25, 0.3) is 0 Å². The van der Waals surface area contributed by atoms with Gasteiger partial charge in [0.25, 0.3) is 5.91 Å². The zero-order valence-electron chi connectivity index (χ0n) is 20.2. The van der Waals surface area contributed by atoms with E-state index in [9.17, 15) is 4.79 Å². The number of hydrogen-bond acceptors (Lipinski definition) is 6. The number of hydrogen-bond donors (Lipinski definition) is 1. The van der Waals surface area contributed by atoms with Crippen LogP contribution in [-0.4, -0.2) is 58.4 Å². The zero-order valence-corrected chi connectivity index (χ0v) is 20.2. The Morgan fingerprint density at radius 3 is 2.44 bits per heavy atom. The quantitative estimate of drug-likeness (QED) is 0.525. The number of rotatable bonds is 9. The van der Waals surface area contributed by atoms with Crippen molar-refractivity contribution in [3.8, 4) is 11.5 Å². The molecule has 8 heteroatoms. The summed E-state index contributed by atoms with van der Waals surface area (Å²) in [6.45, 7) is 8.19. The Morgan fingerprint density at radius 1 is 1.00 bits per heavy atom. The third-order valence-electron chi connectivity index (χ3n) is 5.88. The van der Waals surface area contributed by atoms with Crippen molar-refractivity contribution in [3.05, 3.63) is 71.3 Å². The van der Waals surface area contributed by atoms with Gasteiger partial charge >= 0.3 is 0 Å². The fourth-order valence-corrected chi connectivity index (χ4v) is 4.11. The van der Waals surface area contributed by atoms with Crippen molar-refractivity contribution in [1.29, 1.82) is 0 Å². The number of ether oxygens (including phenoxy) is 2. The van der Waals surface area contributed by atoms with Gasteiger partial charge in [0.15, 0.2) is 0 Å². The van der Waals surface area contributed by atoms with E-state index in [0.717, 1.165) is 55.7 Å². The third-order valence-corrected chi connectivity index (χ3v) is 5.88. The van der Waals surface area contributed by atoms with Gasteiger partial charge in [-0.05, 0) is 55.8 Å². The maximum Gasteiger partial charge on any atom is 0.251 e. The minimum absolute atomic E-state index is 0.103. The van der Waals surface area contributed by atoms with Gasteiger partial charge in [0.2, 0.25) is 0 Å². The lowest BCUT2D eigenvalue weighted by atomic mass is 10.2. The van der Waals surface area contributed by atoms with Gasteiger partial charge in [-0.25, -0.2) is 0 Å². The summed E-state index contributed by atoms with van der Waals surface area (Å²) < 4.78 is 13.1.